The Morgan fingerprint density at radius 1 is 1.21 bits per heavy atom. The maximum atomic E-state index is 11.7. The summed E-state index contributed by atoms with van der Waals surface area (Å²) < 4.78 is 4.88. The highest BCUT2D eigenvalue weighted by atomic mass is 16.5. The number of esters is 1. The van der Waals surface area contributed by atoms with E-state index in [0.717, 1.165) is 48.1 Å². The second-order valence-electron chi connectivity index (χ2n) is 7.20. The average Bonchev–Trinajstić information content (AvgIpc) is 3.12. The molecule has 4 rings (SSSR count). The fourth-order valence-electron chi connectivity index (χ4n) is 3.70. The fourth-order valence-corrected chi connectivity index (χ4v) is 3.70. The monoisotopic (exact) mass is 380 g/mol. The largest absolute Gasteiger partial charge is 0.469 e. The van der Waals surface area contributed by atoms with Crippen LogP contribution in [0.15, 0.2) is 30.5 Å². The molecule has 1 saturated carbocycles. The molecule has 1 aliphatic rings. The molecule has 1 aliphatic carbocycles. The molecule has 0 aliphatic heterocycles. The van der Waals surface area contributed by atoms with E-state index in [0.29, 0.717) is 11.6 Å². The van der Waals surface area contributed by atoms with Gasteiger partial charge in [-0.2, -0.15) is 5.10 Å². The van der Waals surface area contributed by atoms with Crippen LogP contribution < -0.4 is 10.6 Å². The second-order valence-corrected chi connectivity index (χ2v) is 7.20. The van der Waals surface area contributed by atoms with Gasteiger partial charge in [0.15, 0.2) is 5.82 Å². The van der Waals surface area contributed by atoms with Crippen molar-refractivity contribution < 1.29 is 9.53 Å². The highest BCUT2D eigenvalue weighted by Gasteiger charge is 2.27. The van der Waals surface area contributed by atoms with Gasteiger partial charge in [-0.15, -0.1) is 0 Å². The van der Waals surface area contributed by atoms with E-state index in [1.165, 1.54) is 7.11 Å². The summed E-state index contributed by atoms with van der Waals surface area (Å²) in [5.41, 5.74) is 1.83. The van der Waals surface area contributed by atoms with E-state index in [-0.39, 0.29) is 17.9 Å². The molecule has 3 aromatic rings. The Kier molecular flexibility index (Phi) is 5.10. The van der Waals surface area contributed by atoms with Crippen molar-refractivity contribution in [3.05, 3.63) is 36.2 Å². The van der Waals surface area contributed by atoms with E-state index in [9.17, 15) is 4.79 Å². The Bertz CT molecular complexity index is 978. The molecule has 0 spiro atoms. The number of aromatic nitrogens is 4. The lowest BCUT2D eigenvalue weighted by Gasteiger charge is -2.28. The van der Waals surface area contributed by atoms with Crippen LogP contribution in [0.1, 0.15) is 31.4 Å². The van der Waals surface area contributed by atoms with Crippen molar-refractivity contribution in [3.8, 4) is 0 Å². The minimum absolute atomic E-state index is 0.00493. The van der Waals surface area contributed by atoms with E-state index in [2.05, 4.69) is 25.8 Å². The molecule has 3 heterocycles. The van der Waals surface area contributed by atoms with Gasteiger partial charge in [-0.25, -0.2) is 4.98 Å². The lowest BCUT2D eigenvalue weighted by molar-refractivity contribution is -0.146. The van der Waals surface area contributed by atoms with Gasteiger partial charge in [0.1, 0.15) is 11.6 Å². The predicted octanol–water partition coefficient (Wildman–Crippen LogP) is 3.55. The Labute approximate surface area is 163 Å². The molecule has 3 aromatic heterocycles. The Morgan fingerprint density at radius 2 is 2.04 bits per heavy atom. The van der Waals surface area contributed by atoms with Gasteiger partial charge in [0.2, 0.25) is 0 Å². The zero-order chi connectivity index (χ0) is 19.5. The molecule has 8 nitrogen and oxygen atoms in total. The Morgan fingerprint density at radius 3 is 2.75 bits per heavy atom. The number of hydrogen-bond acceptors (Lipinski definition) is 7. The number of hydrogen-bond donors (Lipinski definition) is 3. The van der Waals surface area contributed by atoms with E-state index >= 15 is 0 Å². The number of nitrogens with one attached hydrogen (secondary N) is 3. The van der Waals surface area contributed by atoms with Crippen LogP contribution in [0.5, 0.6) is 0 Å². The van der Waals surface area contributed by atoms with Crippen molar-refractivity contribution in [2.45, 2.75) is 38.6 Å². The van der Waals surface area contributed by atoms with Gasteiger partial charge in [0.05, 0.1) is 18.5 Å². The molecular weight excluding hydrogens is 356 g/mol. The summed E-state index contributed by atoms with van der Waals surface area (Å²) in [6.45, 7) is 1.95. The number of carbonyl (C=O) groups excluding carboxylic acids is 1. The fraction of sp³-hybridized carbons (Fsp3) is 0.400. The van der Waals surface area contributed by atoms with Gasteiger partial charge in [-0.3, -0.25) is 14.9 Å². The summed E-state index contributed by atoms with van der Waals surface area (Å²) in [5, 5.41) is 14.9. The Balaban J connectivity index is 1.55. The van der Waals surface area contributed by atoms with Crippen molar-refractivity contribution in [1.29, 1.82) is 0 Å². The molecule has 0 radical (unpaired) electrons. The topological polar surface area (TPSA) is 105 Å². The van der Waals surface area contributed by atoms with Crippen LogP contribution in [0.4, 0.5) is 17.5 Å². The van der Waals surface area contributed by atoms with Crippen LogP contribution in [0, 0.1) is 12.8 Å². The van der Waals surface area contributed by atoms with Crippen LogP contribution in [-0.4, -0.2) is 39.3 Å². The molecule has 1 fully saturated rings. The van der Waals surface area contributed by atoms with Gasteiger partial charge < -0.3 is 15.4 Å². The summed E-state index contributed by atoms with van der Waals surface area (Å²) in [4.78, 5) is 21.0. The van der Waals surface area contributed by atoms with Crippen LogP contribution in [0.2, 0.25) is 0 Å². The van der Waals surface area contributed by atoms with Crippen molar-refractivity contribution in [2.24, 2.45) is 5.92 Å². The maximum Gasteiger partial charge on any atom is 0.308 e. The van der Waals surface area contributed by atoms with E-state index in [1.54, 1.807) is 6.20 Å². The van der Waals surface area contributed by atoms with Gasteiger partial charge >= 0.3 is 5.97 Å². The van der Waals surface area contributed by atoms with Crippen LogP contribution in [0.25, 0.3) is 10.9 Å². The summed E-state index contributed by atoms with van der Waals surface area (Å²) in [5.74, 6) is 2.09. The van der Waals surface area contributed by atoms with E-state index in [1.807, 2.05) is 31.2 Å². The lowest BCUT2D eigenvalue weighted by Crippen LogP contribution is -2.30. The molecule has 0 bridgehead atoms. The first-order valence-electron chi connectivity index (χ1n) is 9.51. The number of methoxy groups -OCH3 is 1. The Hall–Kier alpha value is -3.16. The number of H-pyrrole nitrogens is 1. The van der Waals surface area contributed by atoms with Crippen molar-refractivity contribution in [2.75, 3.05) is 17.7 Å². The number of carbonyl (C=O) groups is 1. The van der Waals surface area contributed by atoms with Crippen LogP contribution >= 0.6 is 0 Å². The summed E-state index contributed by atoms with van der Waals surface area (Å²) in [6, 6.07) is 8.03. The molecule has 146 valence electrons. The summed E-state index contributed by atoms with van der Waals surface area (Å²) in [7, 11) is 1.45. The first kappa shape index (κ1) is 18.2. The molecule has 0 saturated heterocycles. The van der Waals surface area contributed by atoms with Gasteiger partial charge in [-0.05, 0) is 44.7 Å². The minimum atomic E-state index is -0.105. The molecular formula is C20H24N6O2. The van der Waals surface area contributed by atoms with Gasteiger partial charge in [0.25, 0.3) is 0 Å². The molecule has 28 heavy (non-hydrogen) atoms. The number of nitrogens with zero attached hydrogens (tertiary/aromatic N) is 3. The molecule has 0 unspecified atom stereocenters. The zero-order valence-electron chi connectivity index (χ0n) is 16.0. The van der Waals surface area contributed by atoms with Crippen LogP contribution in [0.3, 0.4) is 0 Å². The van der Waals surface area contributed by atoms with Crippen molar-refractivity contribution in [3.63, 3.8) is 0 Å². The number of fused-ring (bicyclic) bond motifs is 1. The normalized spacial score (nSPS) is 19.4. The van der Waals surface area contributed by atoms with Crippen molar-refractivity contribution >= 4 is 34.3 Å². The third kappa shape index (κ3) is 3.90. The van der Waals surface area contributed by atoms with E-state index in [4.69, 9.17) is 9.72 Å². The third-order valence-electron chi connectivity index (χ3n) is 5.16. The molecule has 0 amide bonds. The summed E-state index contributed by atoms with van der Waals surface area (Å²) >= 11 is 0. The number of anilines is 3. The van der Waals surface area contributed by atoms with Gasteiger partial charge in [-0.1, -0.05) is 0 Å². The predicted molar refractivity (Wildman–Crippen MR) is 108 cm³/mol. The van der Waals surface area contributed by atoms with Gasteiger partial charge in [0, 0.05) is 35.5 Å². The SMILES string of the molecule is COC(=O)[C@H]1CC[C@H](Nc2nc(Nc3cc(C)[nH]n3)cc3ncccc23)CC1. The smallest absolute Gasteiger partial charge is 0.308 e. The maximum absolute atomic E-state index is 11.7. The molecule has 3 N–H and O–H groups in total. The number of aromatic amines is 1. The molecule has 0 aromatic carbocycles. The number of aryl methyl sites for hydroxylation is 1. The lowest BCUT2D eigenvalue weighted by atomic mass is 9.86. The third-order valence-corrected chi connectivity index (χ3v) is 5.16. The summed E-state index contributed by atoms with van der Waals surface area (Å²) in [6.07, 6.45) is 5.23. The number of ether oxygens (including phenoxy) is 1. The zero-order valence-corrected chi connectivity index (χ0v) is 16.0. The van der Waals surface area contributed by atoms with E-state index < -0.39 is 0 Å². The standard InChI is InChI=1S/C20H24N6O2/c1-12-10-18(26-25-12)23-17-11-16-15(4-3-9-21-16)19(24-17)22-14-7-5-13(6-8-14)20(27)28-2/h3-4,9-11,13-14H,5-8H2,1-2H3,(H3,22,23,24,25,26)/t13-,14-. The highest BCUT2D eigenvalue weighted by molar-refractivity contribution is 5.91. The molecule has 0 atom stereocenters. The molecule has 8 heteroatoms. The van der Waals surface area contributed by atoms with Crippen molar-refractivity contribution in [1.82, 2.24) is 20.2 Å². The minimum Gasteiger partial charge on any atom is -0.469 e. The number of rotatable bonds is 5. The first-order chi connectivity index (χ1) is 13.6. The van der Waals surface area contributed by atoms with Crippen LogP contribution in [-0.2, 0) is 9.53 Å². The first-order valence-corrected chi connectivity index (χ1v) is 9.51. The average molecular weight is 380 g/mol. The second kappa shape index (κ2) is 7.84. The highest BCUT2D eigenvalue weighted by Crippen LogP contribution is 2.30. The number of pyridine rings is 2. The quantitative estimate of drug-likeness (QED) is 0.581.